The van der Waals surface area contributed by atoms with Crippen LogP contribution in [-0.2, 0) is 9.53 Å². The number of rotatable bonds is 5. The lowest BCUT2D eigenvalue weighted by molar-refractivity contribution is -0.143. The summed E-state index contributed by atoms with van der Waals surface area (Å²) in [6.07, 6.45) is 2.78. The highest BCUT2D eigenvalue weighted by atomic mass is 32.2. The van der Waals surface area contributed by atoms with E-state index in [-0.39, 0.29) is 11.9 Å². The third-order valence-electron chi connectivity index (χ3n) is 2.02. The molecule has 0 aromatic carbocycles. The van der Waals surface area contributed by atoms with Crippen molar-refractivity contribution in [2.75, 3.05) is 18.6 Å². The Morgan fingerprint density at radius 3 is 2.83 bits per heavy atom. The Morgan fingerprint density at radius 2 is 2.33 bits per heavy atom. The predicted octanol–water partition coefficient (Wildman–Crippen LogP) is 1.94. The summed E-state index contributed by atoms with van der Waals surface area (Å²) < 4.78 is 4.63. The molecule has 0 aromatic rings. The number of esters is 1. The number of ether oxygens (including phenoxy) is 1. The maximum atomic E-state index is 11.0. The Bertz CT molecular complexity index is 155. The third kappa shape index (κ3) is 3.48. The van der Waals surface area contributed by atoms with Crippen molar-refractivity contribution in [1.29, 1.82) is 0 Å². The minimum Gasteiger partial charge on any atom is -0.469 e. The summed E-state index contributed by atoms with van der Waals surface area (Å²) >= 11 is 1.87. The molecule has 0 N–H and O–H groups in total. The zero-order valence-corrected chi connectivity index (χ0v) is 8.52. The van der Waals surface area contributed by atoms with E-state index in [1.807, 2.05) is 18.7 Å². The maximum absolute atomic E-state index is 11.0. The van der Waals surface area contributed by atoms with Gasteiger partial charge in [-0.05, 0) is 24.5 Å². The van der Waals surface area contributed by atoms with Crippen LogP contribution in [0.5, 0.6) is 0 Å². The number of methoxy groups -OCH3 is 1. The Balaban J connectivity index is 2.00. The molecule has 0 bridgehead atoms. The number of thioether (sulfide) groups is 1. The largest absolute Gasteiger partial charge is 0.469 e. The standard InChI is InChI=1S/C9H16O2S/c1-7(9(10)11-2)5-12-6-8-3-4-8/h7-8H,3-6H2,1-2H3. The zero-order valence-electron chi connectivity index (χ0n) is 7.71. The minimum atomic E-state index is -0.0849. The van der Waals surface area contributed by atoms with Crippen molar-refractivity contribution in [2.24, 2.45) is 11.8 Å². The van der Waals surface area contributed by atoms with Crippen molar-refractivity contribution in [3.05, 3.63) is 0 Å². The molecule has 0 saturated heterocycles. The van der Waals surface area contributed by atoms with Gasteiger partial charge in [-0.15, -0.1) is 0 Å². The van der Waals surface area contributed by atoms with E-state index in [2.05, 4.69) is 4.74 Å². The van der Waals surface area contributed by atoms with Gasteiger partial charge in [-0.2, -0.15) is 11.8 Å². The zero-order chi connectivity index (χ0) is 8.97. The van der Waals surface area contributed by atoms with Crippen molar-refractivity contribution in [2.45, 2.75) is 19.8 Å². The van der Waals surface area contributed by atoms with E-state index in [4.69, 9.17) is 0 Å². The summed E-state index contributed by atoms with van der Waals surface area (Å²) in [4.78, 5) is 11.0. The van der Waals surface area contributed by atoms with Gasteiger partial charge in [0.1, 0.15) is 0 Å². The van der Waals surface area contributed by atoms with Crippen LogP contribution in [0.2, 0.25) is 0 Å². The van der Waals surface area contributed by atoms with Gasteiger partial charge in [-0.3, -0.25) is 4.79 Å². The van der Waals surface area contributed by atoms with Crippen molar-refractivity contribution in [3.8, 4) is 0 Å². The quantitative estimate of drug-likeness (QED) is 0.617. The molecule has 0 aliphatic heterocycles. The van der Waals surface area contributed by atoms with Crippen LogP contribution < -0.4 is 0 Å². The topological polar surface area (TPSA) is 26.3 Å². The molecule has 0 spiro atoms. The van der Waals surface area contributed by atoms with Crippen molar-refractivity contribution >= 4 is 17.7 Å². The molecule has 1 aliphatic rings. The Kier molecular flexibility index (Phi) is 3.92. The third-order valence-corrected chi connectivity index (χ3v) is 3.46. The molecule has 70 valence electrons. The lowest BCUT2D eigenvalue weighted by Gasteiger charge is -2.07. The fourth-order valence-corrected chi connectivity index (χ4v) is 2.26. The second kappa shape index (κ2) is 4.75. The van der Waals surface area contributed by atoms with Crippen molar-refractivity contribution < 1.29 is 9.53 Å². The van der Waals surface area contributed by atoms with Crippen LogP contribution in [0.3, 0.4) is 0 Å². The molecule has 2 nitrogen and oxygen atoms in total. The van der Waals surface area contributed by atoms with Crippen LogP contribution in [0.15, 0.2) is 0 Å². The van der Waals surface area contributed by atoms with Crippen LogP contribution >= 0.6 is 11.8 Å². The summed E-state index contributed by atoms with van der Waals surface area (Å²) in [5, 5.41) is 0. The summed E-state index contributed by atoms with van der Waals surface area (Å²) in [5.74, 6) is 3.04. The van der Waals surface area contributed by atoms with E-state index in [9.17, 15) is 4.79 Å². The fourth-order valence-electron chi connectivity index (χ4n) is 0.965. The van der Waals surface area contributed by atoms with E-state index >= 15 is 0 Å². The monoisotopic (exact) mass is 188 g/mol. The number of carbonyl (C=O) groups is 1. The van der Waals surface area contributed by atoms with Gasteiger partial charge in [0.25, 0.3) is 0 Å². The van der Waals surface area contributed by atoms with E-state index in [0.717, 1.165) is 11.7 Å². The summed E-state index contributed by atoms with van der Waals surface area (Å²) in [7, 11) is 1.45. The van der Waals surface area contributed by atoms with Crippen LogP contribution in [0.25, 0.3) is 0 Å². The normalized spacial score (nSPS) is 18.8. The van der Waals surface area contributed by atoms with Gasteiger partial charge < -0.3 is 4.74 Å². The molecular formula is C9H16O2S. The molecule has 1 unspecified atom stereocenters. The first-order valence-corrected chi connectivity index (χ1v) is 5.55. The van der Waals surface area contributed by atoms with Crippen LogP contribution in [0.1, 0.15) is 19.8 Å². The summed E-state index contributed by atoms with van der Waals surface area (Å²) in [5.41, 5.74) is 0. The highest BCUT2D eigenvalue weighted by Crippen LogP contribution is 2.32. The van der Waals surface area contributed by atoms with Gasteiger partial charge in [-0.1, -0.05) is 6.92 Å². The summed E-state index contributed by atoms with van der Waals surface area (Å²) in [6.45, 7) is 1.92. The van der Waals surface area contributed by atoms with Crippen molar-refractivity contribution in [3.63, 3.8) is 0 Å². The molecule has 1 rings (SSSR count). The first-order valence-electron chi connectivity index (χ1n) is 4.39. The van der Waals surface area contributed by atoms with E-state index in [1.54, 1.807) is 0 Å². The van der Waals surface area contributed by atoms with Gasteiger partial charge in [-0.25, -0.2) is 0 Å². The van der Waals surface area contributed by atoms with Gasteiger partial charge in [0.2, 0.25) is 0 Å². The average Bonchev–Trinajstić information content (AvgIpc) is 2.86. The molecule has 12 heavy (non-hydrogen) atoms. The van der Waals surface area contributed by atoms with E-state index in [0.29, 0.717) is 0 Å². The van der Waals surface area contributed by atoms with E-state index < -0.39 is 0 Å². The molecule has 0 aromatic heterocycles. The minimum absolute atomic E-state index is 0.0544. The van der Waals surface area contributed by atoms with Crippen LogP contribution in [0.4, 0.5) is 0 Å². The summed E-state index contributed by atoms with van der Waals surface area (Å²) in [6, 6.07) is 0. The van der Waals surface area contributed by atoms with Crippen LogP contribution in [0, 0.1) is 11.8 Å². The fraction of sp³-hybridized carbons (Fsp3) is 0.889. The van der Waals surface area contributed by atoms with Crippen LogP contribution in [-0.4, -0.2) is 24.6 Å². The molecular weight excluding hydrogens is 172 g/mol. The molecule has 0 radical (unpaired) electrons. The molecule has 3 heteroatoms. The molecule has 0 amide bonds. The first kappa shape index (κ1) is 9.90. The van der Waals surface area contributed by atoms with Gasteiger partial charge in [0, 0.05) is 5.75 Å². The van der Waals surface area contributed by atoms with Crippen molar-refractivity contribution in [1.82, 2.24) is 0 Å². The lowest BCUT2D eigenvalue weighted by Crippen LogP contribution is -2.15. The average molecular weight is 188 g/mol. The Morgan fingerprint density at radius 1 is 1.67 bits per heavy atom. The predicted molar refractivity (Wildman–Crippen MR) is 51.2 cm³/mol. The molecule has 1 atom stereocenters. The van der Waals surface area contributed by atoms with Gasteiger partial charge >= 0.3 is 5.97 Å². The Hall–Kier alpha value is -0.180. The van der Waals surface area contributed by atoms with E-state index in [1.165, 1.54) is 25.7 Å². The molecule has 1 fully saturated rings. The molecule has 1 aliphatic carbocycles. The van der Waals surface area contributed by atoms with Gasteiger partial charge in [0.05, 0.1) is 13.0 Å². The number of hydrogen-bond donors (Lipinski definition) is 0. The smallest absolute Gasteiger partial charge is 0.309 e. The second-order valence-electron chi connectivity index (χ2n) is 3.41. The number of carbonyl (C=O) groups excluding carboxylic acids is 1. The molecule has 1 saturated carbocycles. The highest BCUT2D eigenvalue weighted by Gasteiger charge is 2.22. The van der Waals surface area contributed by atoms with Gasteiger partial charge in [0.15, 0.2) is 0 Å². The lowest BCUT2D eigenvalue weighted by atomic mass is 10.2. The Labute approximate surface area is 78.1 Å². The maximum Gasteiger partial charge on any atom is 0.309 e. The molecule has 0 heterocycles. The first-order chi connectivity index (χ1) is 5.74. The SMILES string of the molecule is COC(=O)C(C)CSCC1CC1. The second-order valence-corrected chi connectivity index (χ2v) is 4.48. The highest BCUT2D eigenvalue weighted by molar-refractivity contribution is 7.99. The number of hydrogen-bond acceptors (Lipinski definition) is 3.